The summed E-state index contributed by atoms with van der Waals surface area (Å²) in [5, 5.41) is 10.6. The zero-order valence-electron chi connectivity index (χ0n) is 19.1. The fourth-order valence-corrected chi connectivity index (χ4v) is 9.52. The van der Waals surface area contributed by atoms with Gasteiger partial charge in [0.25, 0.3) is 0 Å². The first-order valence-corrected chi connectivity index (χ1v) is 13.9. The van der Waals surface area contributed by atoms with Gasteiger partial charge in [-0.2, -0.15) is 0 Å². The lowest BCUT2D eigenvalue weighted by Crippen LogP contribution is -2.51. The molecule has 0 aromatic heterocycles. The molecule has 2 N–H and O–H groups in total. The van der Waals surface area contributed by atoms with Crippen molar-refractivity contribution in [1.82, 2.24) is 4.72 Å². The Hall–Kier alpha value is -0.910. The Balaban J connectivity index is 1.27. The van der Waals surface area contributed by atoms with Gasteiger partial charge in [0.1, 0.15) is 0 Å². The first kappa shape index (κ1) is 21.9. The summed E-state index contributed by atoms with van der Waals surface area (Å²) in [5.74, 6) is 4.32. The molecule has 0 heterocycles. The monoisotopic (exact) mass is 445 g/mol. The van der Waals surface area contributed by atoms with Crippen molar-refractivity contribution in [2.75, 3.05) is 6.54 Å². The first-order valence-electron chi connectivity index (χ1n) is 12.5. The normalized spacial score (nSPS) is 44.9. The molecule has 4 aliphatic carbocycles. The van der Waals surface area contributed by atoms with Gasteiger partial charge in [0.05, 0.1) is 10.5 Å². The van der Waals surface area contributed by atoms with Crippen LogP contribution in [-0.2, 0) is 10.0 Å². The minimum atomic E-state index is -3.44. The number of fused-ring (bicyclic) bond motifs is 5. The molecular formula is C26H39NO3S. The van der Waals surface area contributed by atoms with Crippen LogP contribution in [0.2, 0.25) is 0 Å². The highest BCUT2D eigenvalue weighted by molar-refractivity contribution is 7.89. The molecule has 0 unspecified atom stereocenters. The third-order valence-corrected chi connectivity index (χ3v) is 11.4. The Kier molecular flexibility index (Phi) is 5.55. The van der Waals surface area contributed by atoms with Gasteiger partial charge in [-0.25, -0.2) is 13.1 Å². The fraction of sp³-hybridized carbons (Fsp3) is 0.769. The molecule has 4 saturated carbocycles. The summed E-state index contributed by atoms with van der Waals surface area (Å²) >= 11 is 0. The second-order valence-electron chi connectivity index (χ2n) is 11.7. The molecule has 4 aliphatic rings. The van der Waals surface area contributed by atoms with Crippen molar-refractivity contribution >= 4 is 10.0 Å². The number of hydrogen-bond donors (Lipinski definition) is 2. The summed E-state index contributed by atoms with van der Waals surface area (Å²) in [6, 6.07) is 8.76. The molecule has 0 amide bonds. The summed E-state index contributed by atoms with van der Waals surface area (Å²) in [6.45, 7) is 5.06. The van der Waals surface area contributed by atoms with Gasteiger partial charge >= 0.3 is 0 Å². The quantitative estimate of drug-likeness (QED) is 0.686. The van der Waals surface area contributed by atoms with Crippen LogP contribution in [0.1, 0.15) is 71.6 Å². The van der Waals surface area contributed by atoms with Crippen LogP contribution in [0, 0.1) is 40.9 Å². The van der Waals surface area contributed by atoms with E-state index in [9.17, 15) is 13.5 Å². The fourth-order valence-electron chi connectivity index (χ4n) is 8.42. The van der Waals surface area contributed by atoms with E-state index < -0.39 is 15.6 Å². The Morgan fingerprint density at radius 2 is 1.68 bits per heavy atom. The van der Waals surface area contributed by atoms with E-state index in [4.69, 9.17) is 0 Å². The minimum Gasteiger partial charge on any atom is -0.390 e. The van der Waals surface area contributed by atoms with Gasteiger partial charge in [0, 0.05) is 6.54 Å². The van der Waals surface area contributed by atoms with E-state index in [1.54, 1.807) is 24.3 Å². The molecular weight excluding hydrogens is 406 g/mol. The van der Waals surface area contributed by atoms with Gasteiger partial charge in [0.2, 0.25) is 10.0 Å². The minimum absolute atomic E-state index is 0.257. The Bertz CT molecular complexity index is 898. The highest BCUT2D eigenvalue weighted by Crippen LogP contribution is 2.64. The number of aliphatic hydroxyl groups is 1. The van der Waals surface area contributed by atoms with E-state index in [-0.39, 0.29) is 5.41 Å². The molecule has 31 heavy (non-hydrogen) atoms. The van der Waals surface area contributed by atoms with Crippen LogP contribution in [0.25, 0.3) is 0 Å². The van der Waals surface area contributed by atoms with Crippen molar-refractivity contribution in [1.29, 1.82) is 0 Å². The van der Waals surface area contributed by atoms with Gasteiger partial charge < -0.3 is 5.11 Å². The summed E-state index contributed by atoms with van der Waals surface area (Å²) in [5.41, 5.74) is -0.196. The van der Waals surface area contributed by atoms with Gasteiger partial charge in [-0.05, 0) is 118 Å². The van der Waals surface area contributed by atoms with Crippen LogP contribution < -0.4 is 4.72 Å². The predicted molar refractivity (Wildman–Crippen MR) is 123 cm³/mol. The number of sulfonamides is 1. The Morgan fingerprint density at radius 1 is 0.935 bits per heavy atom. The van der Waals surface area contributed by atoms with E-state index in [1.807, 2.05) is 13.0 Å². The van der Waals surface area contributed by atoms with E-state index in [1.165, 1.54) is 38.5 Å². The average Bonchev–Trinajstić information content (AvgIpc) is 3.08. The number of rotatable bonds is 4. The van der Waals surface area contributed by atoms with Crippen LogP contribution in [0.3, 0.4) is 0 Å². The van der Waals surface area contributed by atoms with E-state index in [0.717, 1.165) is 42.9 Å². The molecule has 5 rings (SSSR count). The molecule has 172 valence electrons. The molecule has 1 aromatic carbocycles. The Labute approximate surface area is 188 Å². The third-order valence-electron chi connectivity index (χ3n) is 10.0. The van der Waals surface area contributed by atoms with Gasteiger partial charge in [-0.15, -0.1) is 0 Å². The lowest BCUT2D eigenvalue weighted by molar-refractivity contribution is -0.0992. The third kappa shape index (κ3) is 3.89. The maximum absolute atomic E-state index is 12.8. The highest BCUT2D eigenvalue weighted by Gasteiger charge is 2.57. The average molecular weight is 446 g/mol. The number of hydrogen-bond acceptors (Lipinski definition) is 3. The molecule has 0 saturated heterocycles. The van der Waals surface area contributed by atoms with Crippen molar-refractivity contribution in [3.8, 4) is 0 Å². The van der Waals surface area contributed by atoms with Crippen LogP contribution in [0.15, 0.2) is 35.2 Å². The standard InChI is InChI=1S/C26H39NO3S/c1-25(28)14-12-21-18(16-25)8-10-23-22(21)13-15-26(2)19(9-11-24(23)26)17-27-31(29,30)20-6-4-3-5-7-20/h3-7,18-19,21-24,27-28H,8-17H2,1-2H3/t18-,19-,21+,22-,23-,24+,25-,26-/m1/s1. The molecule has 1 aromatic rings. The van der Waals surface area contributed by atoms with Crippen LogP contribution in [0.4, 0.5) is 0 Å². The highest BCUT2D eigenvalue weighted by atomic mass is 32.2. The summed E-state index contributed by atoms with van der Waals surface area (Å²) in [6.07, 6.45) is 10.7. The molecule has 5 heteroatoms. The van der Waals surface area contributed by atoms with Crippen molar-refractivity contribution < 1.29 is 13.5 Å². The zero-order chi connectivity index (χ0) is 21.9. The van der Waals surface area contributed by atoms with Crippen molar-refractivity contribution in [2.45, 2.75) is 82.1 Å². The smallest absolute Gasteiger partial charge is 0.240 e. The molecule has 0 bridgehead atoms. The maximum Gasteiger partial charge on any atom is 0.240 e. The second-order valence-corrected chi connectivity index (χ2v) is 13.4. The maximum atomic E-state index is 12.8. The molecule has 4 nitrogen and oxygen atoms in total. The number of nitrogens with one attached hydrogen (secondary N) is 1. The Morgan fingerprint density at radius 3 is 2.45 bits per heavy atom. The van der Waals surface area contributed by atoms with Gasteiger partial charge in [-0.1, -0.05) is 25.1 Å². The molecule has 0 aliphatic heterocycles. The summed E-state index contributed by atoms with van der Waals surface area (Å²) in [7, 11) is -3.44. The van der Waals surface area contributed by atoms with Crippen LogP contribution >= 0.6 is 0 Å². The lowest BCUT2D eigenvalue weighted by atomic mass is 9.49. The van der Waals surface area contributed by atoms with Crippen molar-refractivity contribution in [3.63, 3.8) is 0 Å². The van der Waals surface area contributed by atoms with E-state index in [0.29, 0.717) is 23.3 Å². The predicted octanol–water partition coefficient (Wildman–Crippen LogP) is 4.98. The zero-order valence-corrected chi connectivity index (χ0v) is 19.9. The molecule has 0 radical (unpaired) electrons. The molecule has 8 atom stereocenters. The van der Waals surface area contributed by atoms with Crippen molar-refractivity contribution in [3.05, 3.63) is 30.3 Å². The lowest BCUT2D eigenvalue weighted by Gasteiger charge is -2.57. The molecule has 0 spiro atoms. The van der Waals surface area contributed by atoms with Gasteiger partial charge in [0.15, 0.2) is 0 Å². The largest absolute Gasteiger partial charge is 0.390 e. The molecule has 4 fully saturated rings. The summed E-state index contributed by atoms with van der Waals surface area (Å²) < 4.78 is 28.5. The van der Waals surface area contributed by atoms with Crippen molar-refractivity contribution in [2.24, 2.45) is 40.9 Å². The SMILES string of the molecule is C[C@@]1(O)CC[C@H]2[C@H](CC[C@@H]3[C@@H]2CC[C@]2(C)[C@@H](CNS(=O)(=O)c4ccccc4)CC[C@@H]32)C1. The first-order chi connectivity index (χ1) is 14.7. The number of benzene rings is 1. The second kappa shape index (κ2) is 7.85. The van der Waals surface area contributed by atoms with Crippen LogP contribution in [-0.4, -0.2) is 25.7 Å². The topological polar surface area (TPSA) is 66.4 Å². The van der Waals surface area contributed by atoms with Gasteiger partial charge in [-0.3, -0.25) is 0 Å². The van der Waals surface area contributed by atoms with Crippen LogP contribution in [0.5, 0.6) is 0 Å². The summed E-state index contributed by atoms with van der Waals surface area (Å²) in [4.78, 5) is 0.366. The van der Waals surface area contributed by atoms with E-state index in [2.05, 4.69) is 11.6 Å². The van der Waals surface area contributed by atoms with E-state index >= 15 is 0 Å².